The van der Waals surface area contributed by atoms with E-state index in [0.29, 0.717) is 33.9 Å². The van der Waals surface area contributed by atoms with Crippen molar-refractivity contribution in [2.24, 2.45) is 4.99 Å². The van der Waals surface area contributed by atoms with Crippen LogP contribution < -0.4 is 14.2 Å². The summed E-state index contributed by atoms with van der Waals surface area (Å²) in [5.41, 5.74) is 3.91. The quantitative estimate of drug-likeness (QED) is 0.371. The molecule has 0 N–H and O–H groups in total. The van der Waals surface area contributed by atoms with Gasteiger partial charge in [0.05, 0.1) is 31.9 Å². The van der Waals surface area contributed by atoms with E-state index in [0.717, 1.165) is 23.2 Å². The monoisotopic (exact) mass is 488 g/mol. The maximum Gasteiger partial charge on any atom is 0.266 e. The van der Waals surface area contributed by atoms with E-state index in [1.54, 1.807) is 26.2 Å². The molecule has 1 aliphatic rings. The maximum atomic E-state index is 13.5. The Morgan fingerprint density at radius 2 is 1.57 bits per heavy atom. The molecule has 180 valence electrons. The van der Waals surface area contributed by atoms with E-state index in [2.05, 4.69) is 12.1 Å². The lowest BCUT2D eigenvalue weighted by Gasteiger charge is -2.15. The molecule has 3 aromatic rings. The van der Waals surface area contributed by atoms with Crippen molar-refractivity contribution in [2.75, 3.05) is 27.9 Å². The fourth-order valence-electron chi connectivity index (χ4n) is 3.74. The Morgan fingerprint density at radius 1 is 0.914 bits per heavy atom. The Kier molecular flexibility index (Phi) is 7.77. The largest absolute Gasteiger partial charge is 0.493 e. The van der Waals surface area contributed by atoms with Crippen LogP contribution in [0.4, 0.5) is 5.69 Å². The topological polar surface area (TPSA) is 60.4 Å². The number of ether oxygens (including phenoxy) is 3. The molecule has 0 spiro atoms. The molecular formula is C28H28N2O4S. The molecule has 0 atom stereocenters. The average molecular weight is 489 g/mol. The average Bonchev–Trinajstić information content (AvgIpc) is 3.17. The van der Waals surface area contributed by atoms with Crippen molar-refractivity contribution in [2.45, 2.75) is 13.3 Å². The number of thioether (sulfide) groups is 1. The number of carbonyl (C=O) groups is 1. The van der Waals surface area contributed by atoms with Gasteiger partial charge in [-0.1, -0.05) is 48.0 Å². The predicted octanol–water partition coefficient (Wildman–Crippen LogP) is 5.87. The number of rotatable bonds is 8. The van der Waals surface area contributed by atoms with Gasteiger partial charge in [-0.3, -0.25) is 9.69 Å². The van der Waals surface area contributed by atoms with E-state index in [1.807, 2.05) is 67.6 Å². The molecule has 1 fully saturated rings. The highest BCUT2D eigenvalue weighted by Gasteiger charge is 2.33. The standard InChI is InChI=1S/C28H28N2O4S/c1-19-10-12-22(13-11-19)29-28-30(15-14-20-8-6-5-7-9-20)27(31)25(35-28)18-21-16-23(32-2)26(34-4)24(17-21)33-3/h5-13,16-18H,14-15H2,1-4H3/b25-18+,29-28?. The molecule has 0 bridgehead atoms. The minimum atomic E-state index is -0.0782. The summed E-state index contributed by atoms with van der Waals surface area (Å²) in [5.74, 6) is 1.49. The van der Waals surface area contributed by atoms with Crippen LogP contribution in [0.2, 0.25) is 0 Å². The van der Waals surface area contributed by atoms with Gasteiger partial charge >= 0.3 is 0 Å². The Bertz CT molecular complexity index is 1230. The van der Waals surface area contributed by atoms with Gasteiger partial charge in [0.15, 0.2) is 16.7 Å². The molecule has 0 aromatic heterocycles. The maximum absolute atomic E-state index is 13.5. The number of aliphatic imine (C=N–C) groups is 1. The molecule has 0 saturated carbocycles. The van der Waals surface area contributed by atoms with E-state index in [4.69, 9.17) is 19.2 Å². The van der Waals surface area contributed by atoms with Crippen LogP contribution >= 0.6 is 11.8 Å². The number of carbonyl (C=O) groups excluding carboxylic acids is 1. The van der Waals surface area contributed by atoms with Crippen molar-refractivity contribution in [3.05, 3.63) is 88.3 Å². The lowest BCUT2D eigenvalue weighted by atomic mass is 10.1. The third-order valence-electron chi connectivity index (χ3n) is 5.60. The second kappa shape index (κ2) is 11.1. The molecule has 0 radical (unpaired) electrons. The van der Waals surface area contributed by atoms with Crippen molar-refractivity contribution in [3.8, 4) is 17.2 Å². The minimum Gasteiger partial charge on any atom is -0.493 e. The zero-order chi connectivity index (χ0) is 24.8. The number of methoxy groups -OCH3 is 3. The van der Waals surface area contributed by atoms with Crippen LogP contribution in [0, 0.1) is 6.92 Å². The normalized spacial score (nSPS) is 15.7. The minimum absolute atomic E-state index is 0.0782. The molecule has 1 amide bonds. The van der Waals surface area contributed by atoms with Crippen molar-refractivity contribution >= 4 is 34.6 Å². The van der Waals surface area contributed by atoms with E-state index in [1.165, 1.54) is 17.3 Å². The summed E-state index contributed by atoms with van der Waals surface area (Å²) in [7, 11) is 4.70. The summed E-state index contributed by atoms with van der Waals surface area (Å²) in [4.78, 5) is 20.6. The van der Waals surface area contributed by atoms with Crippen LogP contribution in [0.15, 0.2) is 76.6 Å². The summed E-state index contributed by atoms with van der Waals surface area (Å²) in [6.07, 6.45) is 2.57. The fourth-order valence-corrected chi connectivity index (χ4v) is 4.76. The molecule has 6 nitrogen and oxygen atoms in total. The molecular weight excluding hydrogens is 460 g/mol. The molecule has 7 heteroatoms. The van der Waals surface area contributed by atoms with Gasteiger partial charge in [0.1, 0.15) is 0 Å². The van der Waals surface area contributed by atoms with E-state index < -0.39 is 0 Å². The first kappa shape index (κ1) is 24.4. The Hall–Kier alpha value is -3.71. The first-order chi connectivity index (χ1) is 17.0. The second-order valence-corrected chi connectivity index (χ2v) is 9.00. The summed E-state index contributed by atoms with van der Waals surface area (Å²) in [6.45, 7) is 2.57. The van der Waals surface area contributed by atoms with E-state index in [-0.39, 0.29) is 5.91 Å². The summed E-state index contributed by atoms with van der Waals surface area (Å²) < 4.78 is 16.4. The van der Waals surface area contributed by atoms with Gasteiger partial charge in [-0.05, 0) is 66.6 Å². The van der Waals surface area contributed by atoms with Crippen LogP contribution in [-0.2, 0) is 11.2 Å². The highest BCUT2D eigenvalue weighted by molar-refractivity contribution is 8.18. The van der Waals surface area contributed by atoms with Crippen LogP contribution in [-0.4, -0.2) is 43.8 Å². The van der Waals surface area contributed by atoms with Gasteiger partial charge in [0.25, 0.3) is 5.91 Å². The molecule has 3 aromatic carbocycles. The zero-order valence-electron chi connectivity index (χ0n) is 20.3. The SMILES string of the molecule is COc1cc(/C=C2/SC(=Nc3ccc(C)cc3)N(CCc3ccccc3)C2=O)cc(OC)c1OC. The Morgan fingerprint density at radius 3 is 2.17 bits per heavy atom. The highest BCUT2D eigenvalue weighted by Crippen LogP contribution is 2.40. The Labute approximate surface area is 210 Å². The van der Waals surface area contributed by atoms with Gasteiger partial charge in [0.2, 0.25) is 5.75 Å². The molecule has 1 heterocycles. The van der Waals surface area contributed by atoms with Crippen molar-refractivity contribution < 1.29 is 19.0 Å². The van der Waals surface area contributed by atoms with Gasteiger partial charge in [-0.2, -0.15) is 0 Å². The van der Waals surface area contributed by atoms with Crippen molar-refractivity contribution in [3.63, 3.8) is 0 Å². The molecule has 0 aliphatic carbocycles. The summed E-state index contributed by atoms with van der Waals surface area (Å²) in [6, 6.07) is 21.7. The molecule has 35 heavy (non-hydrogen) atoms. The number of amides is 1. The number of nitrogens with zero attached hydrogens (tertiary/aromatic N) is 2. The van der Waals surface area contributed by atoms with Crippen LogP contribution in [0.25, 0.3) is 6.08 Å². The predicted molar refractivity (Wildman–Crippen MR) is 142 cm³/mol. The third-order valence-corrected chi connectivity index (χ3v) is 6.61. The lowest BCUT2D eigenvalue weighted by Crippen LogP contribution is -2.31. The van der Waals surface area contributed by atoms with Crippen LogP contribution in [0.5, 0.6) is 17.2 Å². The lowest BCUT2D eigenvalue weighted by molar-refractivity contribution is -0.122. The molecule has 1 saturated heterocycles. The van der Waals surface area contributed by atoms with Crippen LogP contribution in [0.1, 0.15) is 16.7 Å². The van der Waals surface area contributed by atoms with Gasteiger partial charge in [-0.15, -0.1) is 0 Å². The number of amidine groups is 1. The number of benzene rings is 3. The summed E-state index contributed by atoms with van der Waals surface area (Å²) in [5, 5.41) is 0.661. The molecule has 0 unspecified atom stereocenters. The number of hydrogen-bond acceptors (Lipinski definition) is 6. The summed E-state index contributed by atoms with van der Waals surface area (Å²) >= 11 is 1.37. The fraction of sp³-hybridized carbons (Fsp3) is 0.214. The highest BCUT2D eigenvalue weighted by atomic mass is 32.2. The van der Waals surface area contributed by atoms with E-state index in [9.17, 15) is 4.79 Å². The molecule has 4 rings (SSSR count). The first-order valence-corrected chi connectivity index (χ1v) is 12.0. The first-order valence-electron chi connectivity index (χ1n) is 11.2. The Balaban J connectivity index is 1.68. The van der Waals surface area contributed by atoms with Gasteiger partial charge in [-0.25, -0.2) is 4.99 Å². The van der Waals surface area contributed by atoms with Crippen molar-refractivity contribution in [1.29, 1.82) is 0 Å². The van der Waals surface area contributed by atoms with Gasteiger partial charge in [0, 0.05) is 6.54 Å². The van der Waals surface area contributed by atoms with Crippen molar-refractivity contribution in [1.82, 2.24) is 4.90 Å². The zero-order valence-corrected chi connectivity index (χ0v) is 21.1. The second-order valence-electron chi connectivity index (χ2n) is 7.99. The molecule has 1 aliphatic heterocycles. The van der Waals surface area contributed by atoms with E-state index >= 15 is 0 Å². The smallest absolute Gasteiger partial charge is 0.266 e. The number of hydrogen-bond donors (Lipinski definition) is 0. The number of aryl methyl sites for hydroxylation is 1. The third kappa shape index (κ3) is 5.69. The van der Waals surface area contributed by atoms with Crippen LogP contribution in [0.3, 0.4) is 0 Å². The van der Waals surface area contributed by atoms with Gasteiger partial charge < -0.3 is 14.2 Å².